The van der Waals surface area contributed by atoms with E-state index in [9.17, 15) is 9.59 Å². The zero-order valence-electron chi connectivity index (χ0n) is 30.2. The van der Waals surface area contributed by atoms with Crippen molar-refractivity contribution in [2.24, 2.45) is 0 Å². The Hall–Kier alpha value is -5.14. The maximum Gasteiger partial charge on any atom is 0.305 e. The number of carbonyl (C=O) groups is 2. The normalized spacial score (nSPS) is 12.5. The average Bonchev–Trinajstić information content (AvgIpc) is 3.79. The monoisotopic (exact) mass is 730 g/mol. The minimum atomic E-state index is -0.278. The molecule has 2 aliphatic heterocycles. The fourth-order valence-corrected chi connectivity index (χ4v) is 6.56. The molecule has 51 heavy (non-hydrogen) atoms. The number of allylic oxidation sites excluding steroid dienone is 3. The molecule has 3 aromatic heterocycles. The van der Waals surface area contributed by atoms with Crippen molar-refractivity contribution in [3.05, 3.63) is 111 Å². The number of aryl methyl sites for hydroxylation is 3. The number of nitrogens with one attached hydrogen (secondary N) is 2. The van der Waals surface area contributed by atoms with Crippen molar-refractivity contribution in [3.63, 3.8) is 0 Å². The van der Waals surface area contributed by atoms with Crippen LogP contribution in [-0.4, -0.2) is 46.1 Å². The number of carbonyl (C=O) groups excluding carboxylic acids is 2. The van der Waals surface area contributed by atoms with Crippen LogP contribution in [0.4, 0.5) is 0 Å². The second kappa shape index (κ2) is 15.8. The summed E-state index contributed by atoms with van der Waals surface area (Å²) >= 11 is 0. The van der Waals surface area contributed by atoms with Crippen molar-refractivity contribution in [2.45, 2.75) is 53.4 Å². The quantitative estimate of drug-likeness (QED) is 0.131. The van der Waals surface area contributed by atoms with E-state index in [4.69, 9.17) is 19.4 Å². The zero-order chi connectivity index (χ0) is 35.5. The molecule has 2 aliphatic rings. The molecule has 9 heteroatoms. The van der Waals surface area contributed by atoms with Gasteiger partial charge >= 0.3 is 11.9 Å². The summed E-state index contributed by atoms with van der Waals surface area (Å²) in [6, 6.07) is 16.5. The maximum absolute atomic E-state index is 12.3. The predicted octanol–water partition coefficient (Wildman–Crippen LogP) is 9.29. The van der Waals surface area contributed by atoms with Gasteiger partial charge in [0.05, 0.1) is 37.0 Å². The van der Waals surface area contributed by atoms with Crippen LogP contribution in [0.2, 0.25) is 0 Å². The molecule has 0 amide bonds. The van der Waals surface area contributed by atoms with Gasteiger partial charge in [-0.2, -0.15) is 0 Å². The van der Waals surface area contributed by atoms with Crippen LogP contribution < -0.4 is 0 Å². The molecule has 1 aromatic carbocycles. The van der Waals surface area contributed by atoms with Gasteiger partial charge in [0.25, 0.3) is 0 Å². The fourth-order valence-electron chi connectivity index (χ4n) is 6.56. The van der Waals surface area contributed by atoms with E-state index in [0.29, 0.717) is 12.8 Å². The van der Waals surface area contributed by atoms with Gasteiger partial charge in [0.1, 0.15) is 0 Å². The molecular weight excluding hydrogens is 690 g/mol. The Bertz CT molecular complexity index is 2300. The number of esters is 2. The second-order valence-electron chi connectivity index (χ2n) is 12.7. The molecule has 2 N–H and O–H groups in total. The van der Waals surface area contributed by atoms with Crippen LogP contribution >= 0.6 is 0 Å². The first-order chi connectivity index (χ1) is 24.1. The van der Waals surface area contributed by atoms with Crippen molar-refractivity contribution in [1.82, 2.24) is 19.9 Å². The van der Waals surface area contributed by atoms with Crippen LogP contribution in [-0.2, 0) is 45.0 Å². The fraction of sp³-hybridized carbons (Fsp3) is 0.238. The Labute approximate surface area is 311 Å². The average molecular weight is 732 g/mol. The zero-order valence-corrected chi connectivity index (χ0v) is 33.2. The van der Waals surface area contributed by atoms with Crippen LogP contribution in [0.3, 0.4) is 0 Å². The van der Waals surface area contributed by atoms with Crippen molar-refractivity contribution in [1.29, 1.82) is 0 Å². The molecule has 256 valence electrons. The Morgan fingerprint density at radius 2 is 1.43 bits per heavy atom. The van der Waals surface area contributed by atoms with Crippen LogP contribution in [0.15, 0.2) is 55.1 Å². The number of rotatable bonds is 9. The summed E-state index contributed by atoms with van der Waals surface area (Å²) < 4.78 is 9.96. The Morgan fingerprint density at radius 1 is 0.745 bits per heavy atom. The molecule has 0 spiro atoms. The van der Waals surface area contributed by atoms with E-state index in [1.807, 2.05) is 37.3 Å². The number of hydrogen-bond donors (Lipinski definition) is 2. The summed E-state index contributed by atoms with van der Waals surface area (Å²) in [6.45, 7) is 12.2. The SMILES string of the molecule is C=Cc1cccc(/C=C/c2c(C)c3cc4nc(cc5nc(cc6[nH]c(cc2[nH]3)c(C)c6CCC(=O)OC)C(CCC(=O)OC)=C5C)C(C)=C4)c1.[Zn]. The van der Waals surface area contributed by atoms with Gasteiger partial charge in [-0.25, -0.2) is 9.97 Å². The van der Waals surface area contributed by atoms with Gasteiger partial charge in [-0.15, -0.1) is 0 Å². The number of aromatic nitrogens is 4. The minimum absolute atomic E-state index is 0. The summed E-state index contributed by atoms with van der Waals surface area (Å²) in [7, 11) is 2.81. The summed E-state index contributed by atoms with van der Waals surface area (Å²) in [4.78, 5) is 41.9. The van der Waals surface area contributed by atoms with Gasteiger partial charge in [-0.05, 0) is 121 Å². The van der Waals surface area contributed by atoms with Crippen molar-refractivity contribution in [2.75, 3.05) is 14.2 Å². The first kappa shape index (κ1) is 37.1. The van der Waals surface area contributed by atoms with Gasteiger partial charge in [0.15, 0.2) is 0 Å². The van der Waals surface area contributed by atoms with E-state index in [0.717, 1.165) is 94.9 Å². The molecule has 5 heterocycles. The van der Waals surface area contributed by atoms with Gasteiger partial charge in [-0.3, -0.25) is 9.59 Å². The summed E-state index contributed by atoms with van der Waals surface area (Å²) in [5.41, 5.74) is 16.2. The molecule has 0 saturated heterocycles. The van der Waals surface area contributed by atoms with Crippen molar-refractivity contribution < 1.29 is 38.5 Å². The topological polar surface area (TPSA) is 110 Å². The molecule has 0 radical (unpaired) electrons. The molecular formula is C42H42N4O4Zn. The molecule has 0 fully saturated rings. The van der Waals surface area contributed by atoms with Gasteiger partial charge in [0, 0.05) is 59.9 Å². The van der Waals surface area contributed by atoms with E-state index in [2.05, 4.69) is 79.8 Å². The minimum Gasteiger partial charge on any atom is -0.469 e. The summed E-state index contributed by atoms with van der Waals surface area (Å²) in [6.07, 6.45) is 9.62. The number of ether oxygens (including phenoxy) is 2. The summed E-state index contributed by atoms with van der Waals surface area (Å²) in [5.74, 6) is -0.553. The number of hydrogen-bond acceptors (Lipinski definition) is 6. The van der Waals surface area contributed by atoms with Crippen LogP contribution in [0.5, 0.6) is 0 Å². The third-order valence-electron chi connectivity index (χ3n) is 9.56. The molecule has 4 aromatic rings. The van der Waals surface area contributed by atoms with E-state index >= 15 is 0 Å². The third kappa shape index (κ3) is 7.94. The molecule has 8 nitrogen and oxygen atoms in total. The Kier molecular flexibility index (Phi) is 11.5. The maximum atomic E-state index is 12.3. The van der Waals surface area contributed by atoms with Crippen LogP contribution in [0.1, 0.15) is 89.3 Å². The predicted molar refractivity (Wildman–Crippen MR) is 204 cm³/mol. The largest absolute Gasteiger partial charge is 0.469 e. The number of benzene rings is 1. The third-order valence-corrected chi connectivity index (χ3v) is 9.56. The number of fused-ring (bicyclic) bond motifs is 8. The molecule has 6 rings (SSSR count). The molecule has 0 atom stereocenters. The smallest absolute Gasteiger partial charge is 0.305 e. The molecule has 0 aliphatic carbocycles. The van der Waals surface area contributed by atoms with E-state index in [1.165, 1.54) is 14.2 Å². The van der Waals surface area contributed by atoms with Gasteiger partial charge in [0.2, 0.25) is 0 Å². The van der Waals surface area contributed by atoms with E-state index < -0.39 is 0 Å². The van der Waals surface area contributed by atoms with Gasteiger partial charge in [-0.1, -0.05) is 43.0 Å². The molecule has 8 bridgehead atoms. The Morgan fingerprint density at radius 3 is 2.16 bits per heavy atom. The number of H-pyrrole nitrogens is 2. The second-order valence-corrected chi connectivity index (χ2v) is 12.7. The van der Waals surface area contributed by atoms with E-state index in [1.54, 1.807) is 0 Å². The van der Waals surface area contributed by atoms with Crippen molar-refractivity contribution in [3.8, 4) is 0 Å². The first-order valence-electron chi connectivity index (χ1n) is 16.8. The first-order valence-corrected chi connectivity index (χ1v) is 16.8. The molecule has 0 unspecified atom stereocenters. The van der Waals surface area contributed by atoms with Crippen LogP contribution in [0, 0.1) is 13.8 Å². The summed E-state index contributed by atoms with van der Waals surface area (Å²) in [5, 5.41) is 0. The van der Waals surface area contributed by atoms with Gasteiger partial charge < -0.3 is 19.4 Å². The molecule has 0 saturated carbocycles. The number of aromatic amines is 2. The standard InChI is InChI=1S/C42H42N4O4.Zn/c1-8-28-10-9-11-29(19-28)12-13-31-25(3)35-20-30-18-24(2)34(43-30)21-36-26(4)32(14-16-41(47)49-6)39(45-36)23-40-33(15-17-42(48)50-7)27(5)37(46-40)22-38(31)44-35;/h8-13,18-23,44,46H,1,14-17H2,2-7H3;/b13-12+,30-20?,34-21?,35-20?,36-21?,37-22?,38-22?,39-23?,40-23?;. The number of nitrogens with zero attached hydrogens (tertiary/aromatic N) is 2. The van der Waals surface area contributed by atoms with E-state index in [-0.39, 0.29) is 44.3 Å². The number of methoxy groups -OCH3 is 2. The van der Waals surface area contributed by atoms with Crippen LogP contribution in [0.25, 0.3) is 63.1 Å². The Balaban J connectivity index is 0.00000504. The van der Waals surface area contributed by atoms with Crippen molar-refractivity contribution >= 4 is 75.0 Å².